The molecule has 3 aromatic rings. The minimum absolute atomic E-state index is 0.246. The monoisotopic (exact) mass is 277 g/mol. The highest BCUT2D eigenvalue weighted by Crippen LogP contribution is 2.25. The summed E-state index contributed by atoms with van der Waals surface area (Å²) in [4.78, 5) is 4.38. The van der Waals surface area contributed by atoms with Crippen molar-refractivity contribution >= 4 is 22.2 Å². The number of H-pyrrole nitrogens is 1. The van der Waals surface area contributed by atoms with E-state index in [1.807, 2.05) is 37.3 Å². The Morgan fingerprint density at radius 1 is 1.38 bits per heavy atom. The molecule has 0 aliphatic heterocycles. The molecule has 0 amide bonds. The van der Waals surface area contributed by atoms with Gasteiger partial charge in [-0.2, -0.15) is 10.5 Å². The molecule has 0 fully saturated rings. The molecule has 2 N–H and O–H groups in total. The number of aromatic amines is 1. The van der Waals surface area contributed by atoms with Crippen molar-refractivity contribution in [1.82, 2.24) is 25.6 Å². The fourth-order valence-electron chi connectivity index (χ4n) is 2.00. The smallest absolute Gasteiger partial charge is 0.216 e. The summed E-state index contributed by atoms with van der Waals surface area (Å²) >= 11 is 0. The Balaban J connectivity index is 2.02. The average molecular weight is 277 g/mol. The van der Waals surface area contributed by atoms with E-state index >= 15 is 0 Å². The molecular formula is C14H11N7. The van der Waals surface area contributed by atoms with Gasteiger partial charge in [0.1, 0.15) is 11.6 Å². The fraction of sp³-hybridized carbons (Fsp3) is 0.0714. The maximum atomic E-state index is 9.16. The number of nitrogens with zero attached hydrogens (tertiary/aromatic N) is 5. The van der Waals surface area contributed by atoms with Crippen LogP contribution < -0.4 is 5.32 Å². The lowest BCUT2D eigenvalue weighted by Crippen LogP contribution is -1.97. The predicted molar refractivity (Wildman–Crippen MR) is 77.9 cm³/mol. The number of rotatable bonds is 3. The van der Waals surface area contributed by atoms with E-state index in [9.17, 15) is 0 Å². The molecule has 0 aliphatic carbocycles. The number of benzene rings is 1. The molecule has 21 heavy (non-hydrogen) atoms. The fourth-order valence-corrected chi connectivity index (χ4v) is 2.00. The second kappa shape index (κ2) is 5.38. The molecule has 0 saturated carbocycles. The number of nitriles is 1. The predicted octanol–water partition coefficient (Wildman–Crippen LogP) is 2.03. The quantitative estimate of drug-likeness (QED) is 0.710. The van der Waals surface area contributed by atoms with Crippen LogP contribution in [0.3, 0.4) is 0 Å². The van der Waals surface area contributed by atoms with Crippen LogP contribution in [0.2, 0.25) is 0 Å². The normalized spacial score (nSPS) is 11.3. The first-order valence-corrected chi connectivity index (χ1v) is 6.24. The van der Waals surface area contributed by atoms with Crippen molar-refractivity contribution in [3.8, 4) is 6.07 Å². The highest BCUT2D eigenvalue weighted by atomic mass is 15.5. The van der Waals surface area contributed by atoms with E-state index in [2.05, 4.69) is 30.9 Å². The number of fused-ring (bicyclic) bond motifs is 1. The lowest BCUT2D eigenvalue weighted by atomic mass is 10.1. The number of anilines is 1. The van der Waals surface area contributed by atoms with Gasteiger partial charge in [-0.15, -0.1) is 10.2 Å². The summed E-state index contributed by atoms with van der Waals surface area (Å²) in [6.45, 7) is 1.98. The Kier molecular flexibility index (Phi) is 3.27. The van der Waals surface area contributed by atoms with Crippen LogP contribution in [0.4, 0.5) is 5.69 Å². The Hall–Kier alpha value is -3.27. The van der Waals surface area contributed by atoms with Crippen molar-refractivity contribution in [2.24, 2.45) is 0 Å². The minimum atomic E-state index is 0.246. The SMILES string of the molecule is Cc1ccc2cccnc2c1NC=C(C#N)c1nn[nH]n1. The zero-order valence-electron chi connectivity index (χ0n) is 11.2. The van der Waals surface area contributed by atoms with Gasteiger partial charge in [-0.3, -0.25) is 4.98 Å². The summed E-state index contributed by atoms with van der Waals surface area (Å²) in [5, 5.41) is 26.7. The van der Waals surface area contributed by atoms with Gasteiger partial charge in [0.15, 0.2) is 0 Å². The van der Waals surface area contributed by atoms with E-state index < -0.39 is 0 Å². The van der Waals surface area contributed by atoms with Gasteiger partial charge in [0.25, 0.3) is 0 Å². The molecule has 0 aliphatic rings. The second-order valence-corrected chi connectivity index (χ2v) is 4.38. The van der Waals surface area contributed by atoms with E-state index in [1.54, 1.807) is 12.4 Å². The molecule has 0 spiro atoms. The summed E-state index contributed by atoms with van der Waals surface area (Å²) in [6.07, 6.45) is 3.29. The van der Waals surface area contributed by atoms with Crippen LogP contribution in [0.1, 0.15) is 11.4 Å². The van der Waals surface area contributed by atoms with Crippen molar-refractivity contribution in [2.75, 3.05) is 5.32 Å². The van der Waals surface area contributed by atoms with Crippen molar-refractivity contribution < 1.29 is 0 Å². The topological polar surface area (TPSA) is 103 Å². The van der Waals surface area contributed by atoms with Crippen LogP contribution in [0, 0.1) is 18.3 Å². The molecule has 0 bridgehead atoms. The third-order valence-electron chi connectivity index (χ3n) is 3.05. The number of hydrogen-bond acceptors (Lipinski definition) is 6. The molecule has 1 aromatic carbocycles. The van der Waals surface area contributed by atoms with Crippen molar-refractivity contribution in [3.63, 3.8) is 0 Å². The molecule has 0 atom stereocenters. The Bertz CT molecular complexity index is 843. The molecule has 0 unspecified atom stereocenters. The lowest BCUT2D eigenvalue weighted by Gasteiger charge is -2.09. The van der Waals surface area contributed by atoms with E-state index in [0.717, 1.165) is 22.2 Å². The van der Waals surface area contributed by atoms with Gasteiger partial charge in [0.2, 0.25) is 5.82 Å². The van der Waals surface area contributed by atoms with Gasteiger partial charge in [-0.05, 0) is 23.8 Å². The molecule has 2 aromatic heterocycles. The molecule has 7 heteroatoms. The van der Waals surface area contributed by atoms with Gasteiger partial charge in [-0.1, -0.05) is 18.2 Å². The molecule has 2 heterocycles. The lowest BCUT2D eigenvalue weighted by molar-refractivity contribution is 0.881. The average Bonchev–Trinajstić information content (AvgIpc) is 3.04. The van der Waals surface area contributed by atoms with E-state index in [1.165, 1.54) is 0 Å². The zero-order valence-corrected chi connectivity index (χ0v) is 11.2. The summed E-state index contributed by atoms with van der Waals surface area (Å²) in [7, 11) is 0. The zero-order chi connectivity index (χ0) is 14.7. The maximum absolute atomic E-state index is 9.16. The van der Waals surface area contributed by atoms with Gasteiger partial charge in [0, 0.05) is 17.8 Å². The molecule has 0 saturated heterocycles. The largest absolute Gasteiger partial charge is 0.358 e. The maximum Gasteiger partial charge on any atom is 0.216 e. The van der Waals surface area contributed by atoms with Gasteiger partial charge in [0.05, 0.1) is 11.2 Å². The molecule has 7 nitrogen and oxygen atoms in total. The van der Waals surface area contributed by atoms with Crippen LogP contribution in [0.25, 0.3) is 16.5 Å². The summed E-state index contributed by atoms with van der Waals surface area (Å²) in [5.74, 6) is 0.246. The number of tetrazole rings is 1. The number of hydrogen-bond donors (Lipinski definition) is 2. The summed E-state index contributed by atoms with van der Waals surface area (Å²) in [5.41, 5.74) is 3.02. The van der Waals surface area contributed by atoms with Crippen LogP contribution in [-0.2, 0) is 0 Å². The van der Waals surface area contributed by atoms with Crippen LogP contribution in [0.15, 0.2) is 36.7 Å². The first kappa shape index (κ1) is 12.7. The minimum Gasteiger partial charge on any atom is -0.358 e. The van der Waals surface area contributed by atoms with Gasteiger partial charge >= 0.3 is 0 Å². The number of pyridine rings is 1. The van der Waals surface area contributed by atoms with Gasteiger partial charge in [-0.25, -0.2) is 0 Å². The highest BCUT2D eigenvalue weighted by molar-refractivity contribution is 5.93. The van der Waals surface area contributed by atoms with Crippen molar-refractivity contribution in [1.29, 1.82) is 5.26 Å². The number of allylic oxidation sites excluding steroid dienone is 1. The van der Waals surface area contributed by atoms with E-state index in [-0.39, 0.29) is 11.4 Å². The summed E-state index contributed by atoms with van der Waals surface area (Å²) < 4.78 is 0. The highest BCUT2D eigenvalue weighted by Gasteiger charge is 2.08. The second-order valence-electron chi connectivity index (χ2n) is 4.38. The van der Waals surface area contributed by atoms with Crippen molar-refractivity contribution in [3.05, 3.63) is 48.1 Å². The van der Waals surface area contributed by atoms with Crippen LogP contribution >= 0.6 is 0 Å². The van der Waals surface area contributed by atoms with Gasteiger partial charge < -0.3 is 5.32 Å². The Morgan fingerprint density at radius 3 is 3.05 bits per heavy atom. The third kappa shape index (κ3) is 2.42. The van der Waals surface area contributed by atoms with E-state index in [0.29, 0.717) is 0 Å². The van der Waals surface area contributed by atoms with Crippen LogP contribution in [0.5, 0.6) is 0 Å². The molecule has 102 valence electrons. The Morgan fingerprint density at radius 2 is 2.29 bits per heavy atom. The number of nitrogens with one attached hydrogen (secondary N) is 2. The summed E-state index contributed by atoms with van der Waals surface area (Å²) in [6, 6.07) is 9.92. The number of aryl methyl sites for hydroxylation is 1. The Labute approximate surface area is 120 Å². The van der Waals surface area contributed by atoms with Crippen molar-refractivity contribution in [2.45, 2.75) is 6.92 Å². The molecular weight excluding hydrogens is 266 g/mol. The third-order valence-corrected chi connectivity index (χ3v) is 3.05. The molecule has 3 rings (SSSR count). The molecule has 0 radical (unpaired) electrons. The number of aromatic nitrogens is 5. The van der Waals surface area contributed by atoms with E-state index in [4.69, 9.17) is 5.26 Å². The van der Waals surface area contributed by atoms with Crippen LogP contribution in [-0.4, -0.2) is 25.6 Å². The first-order valence-electron chi connectivity index (χ1n) is 6.24. The first-order chi connectivity index (χ1) is 10.3. The standard InChI is InChI=1S/C14H11N7/c1-9-4-5-10-3-2-6-16-13(10)12(9)17-8-11(7-15)14-18-20-21-19-14/h2-6,8,17H,1H3,(H,18,19,20,21).